The van der Waals surface area contributed by atoms with Crippen molar-refractivity contribution >= 4 is 28.9 Å². The lowest BCUT2D eigenvalue weighted by atomic mass is 10.1. The van der Waals surface area contributed by atoms with E-state index in [1.165, 1.54) is 0 Å². The van der Waals surface area contributed by atoms with E-state index in [-0.39, 0.29) is 5.97 Å². The Balaban J connectivity index is 2.39. The summed E-state index contributed by atoms with van der Waals surface area (Å²) < 4.78 is 5.13. The van der Waals surface area contributed by atoms with Crippen molar-refractivity contribution in [2.45, 2.75) is 19.9 Å². The Morgan fingerprint density at radius 2 is 2.19 bits per heavy atom. The van der Waals surface area contributed by atoms with Crippen molar-refractivity contribution in [3.63, 3.8) is 0 Å². The van der Waals surface area contributed by atoms with E-state index < -0.39 is 0 Å². The predicted octanol–water partition coefficient (Wildman–Crippen LogP) is 2.24. The number of likely N-dealkylation sites (N-methyl/N-ethyl adjacent to an activating group) is 1. The van der Waals surface area contributed by atoms with Gasteiger partial charge in [0.05, 0.1) is 22.9 Å². The molecular formula is C15H22ClN3O2. The summed E-state index contributed by atoms with van der Waals surface area (Å²) in [6.45, 7) is 6.81. The average molecular weight is 312 g/mol. The molecule has 1 aliphatic heterocycles. The zero-order chi connectivity index (χ0) is 15.6. The Morgan fingerprint density at radius 1 is 1.48 bits per heavy atom. The molecule has 1 aliphatic rings. The van der Waals surface area contributed by atoms with Crippen LogP contribution in [0.4, 0.5) is 11.4 Å². The third-order valence-corrected chi connectivity index (χ3v) is 4.15. The zero-order valence-corrected chi connectivity index (χ0v) is 13.5. The smallest absolute Gasteiger partial charge is 0.340 e. The molecule has 1 aromatic carbocycles. The average Bonchev–Trinajstić information content (AvgIpc) is 2.41. The highest BCUT2D eigenvalue weighted by molar-refractivity contribution is 6.34. The van der Waals surface area contributed by atoms with Crippen LogP contribution in [0, 0.1) is 0 Å². The van der Waals surface area contributed by atoms with Gasteiger partial charge in [0.25, 0.3) is 0 Å². The number of nitrogen functional groups attached to an aromatic ring is 1. The summed E-state index contributed by atoms with van der Waals surface area (Å²) in [6, 6.07) is 3.72. The Morgan fingerprint density at radius 3 is 2.81 bits per heavy atom. The number of esters is 1. The van der Waals surface area contributed by atoms with E-state index in [0.717, 1.165) is 25.3 Å². The molecule has 1 heterocycles. The quantitative estimate of drug-likeness (QED) is 0.685. The van der Waals surface area contributed by atoms with Gasteiger partial charge in [-0.3, -0.25) is 0 Å². The van der Waals surface area contributed by atoms with Crippen LogP contribution in [0.15, 0.2) is 12.1 Å². The minimum atomic E-state index is -0.381. The van der Waals surface area contributed by atoms with Crippen molar-refractivity contribution in [3.8, 4) is 0 Å². The highest BCUT2D eigenvalue weighted by atomic mass is 35.5. The number of hydrogen-bond donors (Lipinski definition) is 1. The molecule has 0 radical (unpaired) electrons. The van der Waals surface area contributed by atoms with E-state index in [9.17, 15) is 4.79 Å². The normalized spacial score (nSPS) is 19.6. The first-order valence-electron chi connectivity index (χ1n) is 7.15. The van der Waals surface area contributed by atoms with Gasteiger partial charge in [-0.1, -0.05) is 11.6 Å². The summed E-state index contributed by atoms with van der Waals surface area (Å²) in [6.07, 6.45) is 0. The number of rotatable bonds is 3. The minimum absolute atomic E-state index is 0.323. The van der Waals surface area contributed by atoms with Crippen LogP contribution in [-0.4, -0.2) is 50.2 Å². The minimum Gasteiger partial charge on any atom is -0.462 e. The molecule has 0 aromatic heterocycles. The molecule has 0 aliphatic carbocycles. The molecule has 0 bridgehead atoms. The maximum atomic E-state index is 12.2. The second-order valence-electron chi connectivity index (χ2n) is 5.40. The number of carbonyl (C=O) groups excluding carboxylic acids is 1. The highest BCUT2D eigenvalue weighted by Gasteiger charge is 2.27. The molecule has 2 N–H and O–H groups in total. The maximum Gasteiger partial charge on any atom is 0.340 e. The van der Waals surface area contributed by atoms with Gasteiger partial charge in [-0.2, -0.15) is 0 Å². The molecule has 1 unspecified atom stereocenters. The fourth-order valence-electron chi connectivity index (χ4n) is 2.56. The number of anilines is 2. The van der Waals surface area contributed by atoms with Gasteiger partial charge in [0, 0.05) is 31.4 Å². The summed E-state index contributed by atoms with van der Waals surface area (Å²) in [5.41, 5.74) is 7.46. The van der Waals surface area contributed by atoms with Crippen LogP contribution >= 0.6 is 11.6 Å². The van der Waals surface area contributed by atoms with Crippen molar-refractivity contribution in [1.82, 2.24) is 4.90 Å². The summed E-state index contributed by atoms with van der Waals surface area (Å²) in [4.78, 5) is 16.6. The van der Waals surface area contributed by atoms with Crippen LogP contribution in [0.1, 0.15) is 24.2 Å². The van der Waals surface area contributed by atoms with Crippen LogP contribution in [0.3, 0.4) is 0 Å². The molecular weight excluding hydrogens is 290 g/mol. The van der Waals surface area contributed by atoms with Gasteiger partial charge < -0.3 is 20.3 Å². The largest absolute Gasteiger partial charge is 0.462 e. The van der Waals surface area contributed by atoms with Crippen LogP contribution in [0.25, 0.3) is 0 Å². The molecule has 1 saturated heterocycles. The van der Waals surface area contributed by atoms with E-state index in [0.29, 0.717) is 28.9 Å². The lowest BCUT2D eigenvalue weighted by molar-refractivity contribution is 0.0527. The number of hydrogen-bond acceptors (Lipinski definition) is 5. The lowest BCUT2D eigenvalue weighted by Crippen LogP contribution is -2.50. The monoisotopic (exact) mass is 311 g/mol. The second kappa shape index (κ2) is 6.54. The number of benzene rings is 1. The fraction of sp³-hybridized carbons (Fsp3) is 0.533. The van der Waals surface area contributed by atoms with E-state index in [4.69, 9.17) is 22.1 Å². The first-order chi connectivity index (χ1) is 9.93. The summed E-state index contributed by atoms with van der Waals surface area (Å²) in [5, 5.41) is 0.495. The van der Waals surface area contributed by atoms with Crippen molar-refractivity contribution in [3.05, 3.63) is 22.7 Å². The van der Waals surface area contributed by atoms with Crippen molar-refractivity contribution in [2.24, 2.45) is 0 Å². The Labute approximate surface area is 130 Å². The van der Waals surface area contributed by atoms with Crippen molar-refractivity contribution < 1.29 is 9.53 Å². The van der Waals surface area contributed by atoms with Gasteiger partial charge in [-0.05, 0) is 33.0 Å². The van der Waals surface area contributed by atoms with E-state index in [1.54, 1.807) is 19.1 Å². The van der Waals surface area contributed by atoms with Gasteiger partial charge in [0.2, 0.25) is 0 Å². The Bertz CT molecular complexity index is 536. The molecule has 1 atom stereocenters. The number of nitrogens with zero attached hydrogens (tertiary/aromatic N) is 2. The third-order valence-electron chi connectivity index (χ3n) is 3.86. The lowest BCUT2D eigenvalue weighted by Gasteiger charge is -2.39. The van der Waals surface area contributed by atoms with Gasteiger partial charge in [0.1, 0.15) is 0 Å². The fourth-order valence-corrected chi connectivity index (χ4v) is 2.90. The predicted molar refractivity (Wildman–Crippen MR) is 86.1 cm³/mol. The number of nitrogens with two attached hydrogens (primary N) is 1. The van der Waals surface area contributed by atoms with Crippen LogP contribution in [0.2, 0.25) is 5.02 Å². The topological polar surface area (TPSA) is 58.8 Å². The Kier molecular flexibility index (Phi) is 4.96. The zero-order valence-electron chi connectivity index (χ0n) is 12.7. The summed E-state index contributed by atoms with van der Waals surface area (Å²) in [7, 11) is 2.10. The maximum absolute atomic E-state index is 12.2. The van der Waals surface area contributed by atoms with Crippen molar-refractivity contribution in [1.29, 1.82) is 0 Å². The highest BCUT2D eigenvalue weighted by Crippen LogP contribution is 2.34. The number of halogens is 1. The van der Waals surface area contributed by atoms with Crippen LogP contribution in [0.5, 0.6) is 0 Å². The first kappa shape index (κ1) is 15.9. The molecule has 1 fully saturated rings. The van der Waals surface area contributed by atoms with Crippen LogP contribution in [-0.2, 0) is 4.74 Å². The van der Waals surface area contributed by atoms with Crippen LogP contribution < -0.4 is 10.6 Å². The van der Waals surface area contributed by atoms with E-state index in [2.05, 4.69) is 23.8 Å². The standard InChI is InChI=1S/C15H22ClN3O2/c1-4-21-15(20)12-7-11(17)8-13(16)14(12)19-6-5-18(3)10(2)9-19/h7-8,10H,4-6,9,17H2,1-3H3. The van der Waals surface area contributed by atoms with Gasteiger partial charge >= 0.3 is 5.97 Å². The number of ether oxygens (including phenoxy) is 1. The van der Waals surface area contributed by atoms with E-state index in [1.807, 2.05) is 0 Å². The second-order valence-corrected chi connectivity index (χ2v) is 5.80. The molecule has 1 aromatic rings. The Hall–Kier alpha value is -1.46. The van der Waals surface area contributed by atoms with Gasteiger partial charge in [-0.25, -0.2) is 4.79 Å². The summed E-state index contributed by atoms with van der Waals surface area (Å²) in [5.74, 6) is -0.381. The molecule has 116 valence electrons. The molecule has 5 nitrogen and oxygen atoms in total. The number of piperazine rings is 1. The molecule has 21 heavy (non-hydrogen) atoms. The molecule has 6 heteroatoms. The molecule has 0 amide bonds. The van der Waals surface area contributed by atoms with Gasteiger partial charge in [0.15, 0.2) is 0 Å². The number of carbonyl (C=O) groups is 1. The molecule has 0 spiro atoms. The SMILES string of the molecule is CCOC(=O)c1cc(N)cc(Cl)c1N1CCN(C)C(C)C1. The molecule has 0 saturated carbocycles. The van der Waals surface area contributed by atoms with E-state index >= 15 is 0 Å². The molecule has 2 rings (SSSR count). The first-order valence-corrected chi connectivity index (χ1v) is 7.53. The summed E-state index contributed by atoms with van der Waals surface area (Å²) >= 11 is 6.35. The van der Waals surface area contributed by atoms with Crippen molar-refractivity contribution in [2.75, 3.05) is 43.9 Å². The third kappa shape index (κ3) is 3.41. The van der Waals surface area contributed by atoms with Gasteiger partial charge in [-0.15, -0.1) is 0 Å².